The Morgan fingerprint density at radius 2 is 2.33 bits per heavy atom. The third-order valence-corrected chi connectivity index (χ3v) is 2.66. The van der Waals surface area contributed by atoms with E-state index in [1.807, 2.05) is 37.1 Å². The van der Waals surface area contributed by atoms with Crippen LogP contribution in [0.15, 0.2) is 30.4 Å². The van der Waals surface area contributed by atoms with Crippen LogP contribution in [0.2, 0.25) is 0 Å². The number of imidazole rings is 1. The van der Waals surface area contributed by atoms with Crippen molar-refractivity contribution in [1.82, 2.24) is 9.97 Å². The molecule has 1 heterocycles. The fraction of sp³-hybridized carbons (Fsp3) is 0.231. The molecule has 0 saturated heterocycles. The van der Waals surface area contributed by atoms with Crippen LogP contribution in [0, 0.1) is 6.92 Å². The molecule has 0 fully saturated rings. The lowest BCUT2D eigenvalue weighted by Gasteiger charge is -2.16. The Bertz CT molecular complexity index is 601. The molecule has 2 aromatic rings. The van der Waals surface area contributed by atoms with E-state index < -0.39 is 5.97 Å². The Morgan fingerprint density at radius 3 is 3.06 bits per heavy atom. The molecular weight excluding hydrogens is 230 g/mol. The zero-order valence-corrected chi connectivity index (χ0v) is 10.3. The van der Waals surface area contributed by atoms with Crippen molar-refractivity contribution in [3.8, 4) is 0 Å². The number of carboxylic acids is 1. The fourth-order valence-electron chi connectivity index (χ4n) is 1.78. The summed E-state index contributed by atoms with van der Waals surface area (Å²) in [5, 5.41) is 8.52. The van der Waals surface area contributed by atoms with E-state index in [4.69, 9.17) is 5.11 Å². The number of aliphatic carboxylic acids is 1. The van der Waals surface area contributed by atoms with Crippen LogP contribution in [0.1, 0.15) is 5.82 Å². The van der Waals surface area contributed by atoms with Gasteiger partial charge in [-0.25, -0.2) is 9.78 Å². The van der Waals surface area contributed by atoms with Gasteiger partial charge in [0.1, 0.15) is 5.82 Å². The number of hydrogen-bond donors (Lipinski definition) is 2. The average Bonchev–Trinajstić information content (AvgIpc) is 2.67. The van der Waals surface area contributed by atoms with Crippen molar-refractivity contribution in [3.05, 3.63) is 36.2 Å². The van der Waals surface area contributed by atoms with Crippen LogP contribution >= 0.6 is 0 Å². The molecule has 94 valence electrons. The Labute approximate surface area is 105 Å². The van der Waals surface area contributed by atoms with Crippen LogP contribution in [0.3, 0.4) is 0 Å². The summed E-state index contributed by atoms with van der Waals surface area (Å²) in [6.45, 7) is 2.46. The summed E-state index contributed by atoms with van der Waals surface area (Å²) in [6.07, 6.45) is 2.76. The number of aryl methyl sites for hydroxylation is 1. The van der Waals surface area contributed by atoms with Crippen LogP contribution < -0.4 is 4.90 Å². The number of benzene rings is 1. The van der Waals surface area contributed by atoms with Gasteiger partial charge in [0.15, 0.2) is 0 Å². The zero-order chi connectivity index (χ0) is 13.1. The normalized spacial score (nSPS) is 11.2. The predicted octanol–water partition coefficient (Wildman–Crippen LogP) is 1.95. The average molecular weight is 245 g/mol. The maximum absolute atomic E-state index is 10.4. The number of nitrogens with zero attached hydrogens (tertiary/aromatic N) is 2. The number of H-pyrrole nitrogens is 1. The number of carbonyl (C=O) groups is 1. The van der Waals surface area contributed by atoms with Gasteiger partial charge in [0.25, 0.3) is 0 Å². The second kappa shape index (κ2) is 4.91. The van der Waals surface area contributed by atoms with E-state index in [0.717, 1.165) is 28.6 Å². The van der Waals surface area contributed by atoms with Crippen LogP contribution in [-0.4, -0.2) is 34.6 Å². The lowest BCUT2D eigenvalue weighted by Crippen LogP contribution is -2.16. The van der Waals surface area contributed by atoms with E-state index in [0.29, 0.717) is 6.54 Å². The largest absolute Gasteiger partial charge is 0.478 e. The summed E-state index contributed by atoms with van der Waals surface area (Å²) < 4.78 is 0. The maximum atomic E-state index is 10.4. The predicted molar refractivity (Wildman–Crippen MR) is 70.9 cm³/mol. The minimum absolute atomic E-state index is 0.547. The number of hydrogen-bond acceptors (Lipinski definition) is 3. The second-order valence-corrected chi connectivity index (χ2v) is 4.14. The monoisotopic (exact) mass is 245 g/mol. The van der Waals surface area contributed by atoms with Crippen molar-refractivity contribution in [1.29, 1.82) is 0 Å². The Hall–Kier alpha value is -2.30. The Balaban J connectivity index is 2.17. The first-order chi connectivity index (χ1) is 8.56. The molecule has 2 rings (SSSR count). The number of aromatic nitrogens is 2. The molecule has 5 heteroatoms. The summed E-state index contributed by atoms with van der Waals surface area (Å²) in [4.78, 5) is 19.9. The molecular formula is C13H15N3O2. The number of likely N-dealkylation sites (N-methyl/N-ethyl adjacent to an activating group) is 1. The molecule has 0 aliphatic carbocycles. The summed E-state index contributed by atoms with van der Waals surface area (Å²) >= 11 is 0. The molecule has 5 nitrogen and oxygen atoms in total. The summed E-state index contributed by atoms with van der Waals surface area (Å²) in [6, 6.07) is 5.92. The molecule has 0 spiro atoms. The minimum atomic E-state index is -0.928. The standard InChI is InChI=1S/C13H15N3O2/c1-9-14-11-6-5-10(8-12(11)15-9)16(2)7-3-4-13(17)18/h3-6,8H,7H2,1-2H3,(H,14,15)(H,17,18)/b4-3+. The van der Waals surface area contributed by atoms with Crippen LogP contribution in [0.25, 0.3) is 11.0 Å². The van der Waals surface area contributed by atoms with Gasteiger partial charge in [0.05, 0.1) is 11.0 Å². The van der Waals surface area contributed by atoms with E-state index in [9.17, 15) is 4.79 Å². The van der Waals surface area contributed by atoms with E-state index in [-0.39, 0.29) is 0 Å². The second-order valence-electron chi connectivity index (χ2n) is 4.14. The number of rotatable bonds is 4. The number of fused-ring (bicyclic) bond motifs is 1. The smallest absolute Gasteiger partial charge is 0.328 e. The van der Waals surface area contributed by atoms with Crippen molar-refractivity contribution < 1.29 is 9.90 Å². The van der Waals surface area contributed by atoms with Crippen molar-refractivity contribution in [2.75, 3.05) is 18.5 Å². The highest BCUT2D eigenvalue weighted by Crippen LogP contribution is 2.19. The molecule has 0 aliphatic rings. The highest BCUT2D eigenvalue weighted by molar-refractivity contribution is 5.80. The third-order valence-electron chi connectivity index (χ3n) is 2.66. The molecule has 1 aromatic carbocycles. The van der Waals surface area contributed by atoms with Crippen LogP contribution in [0.4, 0.5) is 5.69 Å². The quantitative estimate of drug-likeness (QED) is 0.808. The topological polar surface area (TPSA) is 69.2 Å². The number of aromatic amines is 1. The Kier molecular flexibility index (Phi) is 3.32. The van der Waals surface area contributed by atoms with Crippen LogP contribution in [-0.2, 0) is 4.79 Å². The molecule has 0 aliphatic heterocycles. The van der Waals surface area contributed by atoms with Crippen LogP contribution in [0.5, 0.6) is 0 Å². The SMILES string of the molecule is Cc1nc2ccc(N(C)C/C=C/C(=O)O)cc2[nH]1. The first-order valence-corrected chi connectivity index (χ1v) is 5.63. The maximum Gasteiger partial charge on any atom is 0.328 e. The molecule has 0 bridgehead atoms. The van der Waals surface area contributed by atoms with Gasteiger partial charge in [-0.1, -0.05) is 6.08 Å². The molecule has 18 heavy (non-hydrogen) atoms. The highest BCUT2D eigenvalue weighted by Gasteiger charge is 2.03. The first-order valence-electron chi connectivity index (χ1n) is 5.63. The van der Waals surface area contributed by atoms with Gasteiger partial charge in [-0.3, -0.25) is 0 Å². The van der Waals surface area contributed by atoms with E-state index >= 15 is 0 Å². The summed E-state index contributed by atoms with van der Waals surface area (Å²) in [5.74, 6) is -0.0429. The van der Waals surface area contributed by atoms with Gasteiger partial charge in [0, 0.05) is 25.4 Å². The number of carboxylic acid groups (broad SMARTS) is 1. The van der Waals surface area contributed by atoms with Crippen molar-refractivity contribution in [2.45, 2.75) is 6.92 Å². The lowest BCUT2D eigenvalue weighted by atomic mass is 10.2. The fourth-order valence-corrected chi connectivity index (χ4v) is 1.78. The van der Waals surface area contributed by atoms with Crippen molar-refractivity contribution in [3.63, 3.8) is 0 Å². The molecule has 0 radical (unpaired) electrons. The minimum Gasteiger partial charge on any atom is -0.478 e. The summed E-state index contributed by atoms with van der Waals surface area (Å²) in [5.41, 5.74) is 2.94. The first kappa shape index (κ1) is 12.2. The lowest BCUT2D eigenvalue weighted by molar-refractivity contribution is -0.131. The summed E-state index contributed by atoms with van der Waals surface area (Å²) in [7, 11) is 1.91. The van der Waals surface area contributed by atoms with Gasteiger partial charge in [-0.2, -0.15) is 0 Å². The highest BCUT2D eigenvalue weighted by atomic mass is 16.4. The number of nitrogens with one attached hydrogen (secondary N) is 1. The molecule has 0 amide bonds. The van der Waals surface area contributed by atoms with Crippen molar-refractivity contribution >= 4 is 22.7 Å². The number of anilines is 1. The zero-order valence-electron chi connectivity index (χ0n) is 10.3. The van der Waals surface area contributed by atoms with E-state index in [1.54, 1.807) is 6.08 Å². The van der Waals surface area contributed by atoms with Gasteiger partial charge in [-0.15, -0.1) is 0 Å². The van der Waals surface area contributed by atoms with Gasteiger partial charge in [0.2, 0.25) is 0 Å². The molecule has 2 N–H and O–H groups in total. The molecule has 1 aromatic heterocycles. The molecule has 0 saturated carbocycles. The third kappa shape index (κ3) is 2.68. The van der Waals surface area contributed by atoms with Gasteiger partial charge >= 0.3 is 5.97 Å². The van der Waals surface area contributed by atoms with E-state index in [2.05, 4.69) is 9.97 Å². The van der Waals surface area contributed by atoms with Gasteiger partial charge < -0.3 is 15.0 Å². The van der Waals surface area contributed by atoms with Gasteiger partial charge in [-0.05, 0) is 25.1 Å². The van der Waals surface area contributed by atoms with E-state index in [1.165, 1.54) is 0 Å². The van der Waals surface area contributed by atoms with Crippen molar-refractivity contribution in [2.24, 2.45) is 0 Å². The molecule has 0 atom stereocenters. The molecule has 0 unspecified atom stereocenters. The Morgan fingerprint density at radius 1 is 1.56 bits per heavy atom.